The van der Waals surface area contributed by atoms with E-state index in [9.17, 15) is 0 Å². The molecule has 3 heteroatoms. The molecule has 0 aromatic rings. The van der Waals surface area contributed by atoms with E-state index >= 15 is 0 Å². The highest BCUT2D eigenvalue weighted by molar-refractivity contribution is 6.15. The molecule has 1 aliphatic heterocycles. The summed E-state index contributed by atoms with van der Waals surface area (Å²) in [5, 5.41) is 15.5. The van der Waals surface area contributed by atoms with E-state index in [1.807, 2.05) is 0 Å². The first-order valence-corrected chi connectivity index (χ1v) is 10.9. The van der Waals surface area contributed by atoms with Crippen LogP contribution in [0.1, 0.15) is 110 Å². The maximum atomic E-state index is 7.73. The lowest BCUT2D eigenvalue weighted by Gasteiger charge is -2.17. The molecule has 0 amide bonds. The van der Waals surface area contributed by atoms with Gasteiger partial charge < -0.3 is 4.90 Å². The van der Waals surface area contributed by atoms with Gasteiger partial charge in [-0.2, -0.15) is 0 Å². The molecule has 0 aliphatic carbocycles. The number of nitrogens with one attached hydrogen (secondary N) is 2. The Morgan fingerprint density at radius 2 is 0.880 bits per heavy atom. The van der Waals surface area contributed by atoms with Crippen molar-refractivity contribution in [2.24, 2.45) is 0 Å². The van der Waals surface area contributed by atoms with Gasteiger partial charge in [-0.25, -0.2) is 0 Å². The number of rotatable bonds is 17. The SMILES string of the molecule is CCCCCCCCCCCCCCCCCCN1C(=N)C=CC1=N. The highest BCUT2D eigenvalue weighted by Gasteiger charge is 2.15. The first-order valence-electron chi connectivity index (χ1n) is 10.9. The molecule has 0 saturated heterocycles. The third-order valence-corrected chi connectivity index (χ3v) is 5.22. The van der Waals surface area contributed by atoms with Crippen LogP contribution in [0.4, 0.5) is 0 Å². The monoisotopic (exact) mass is 347 g/mol. The number of hydrogen-bond acceptors (Lipinski definition) is 2. The lowest BCUT2D eigenvalue weighted by molar-refractivity contribution is 0.512. The van der Waals surface area contributed by atoms with Gasteiger partial charge in [-0.3, -0.25) is 10.8 Å². The first kappa shape index (κ1) is 21.9. The van der Waals surface area contributed by atoms with Gasteiger partial charge in [-0.15, -0.1) is 0 Å². The van der Waals surface area contributed by atoms with E-state index in [4.69, 9.17) is 10.8 Å². The first-order chi connectivity index (χ1) is 12.3. The Balaban J connectivity index is 1.73. The van der Waals surface area contributed by atoms with Crippen LogP contribution in [0, 0.1) is 10.8 Å². The Hall–Kier alpha value is -1.12. The van der Waals surface area contributed by atoms with Gasteiger partial charge in [-0.05, 0) is 18.6 Å². The van der Waals surface area contributed by atoms with Gasteiger partial charge in [0.2, 0.25) is 0 Å². The molecule has 1 aliphatic rings. The second-order valence-electron chi connectivity index (χ2n) is 7.56. The fourth-order valence-corrected chi connectivity index (χ4v) is 3.53. The Bertz CT molecular complexity index is 369. The second kappa shape index (κ2) is 15.2. The molecular formula is C22H41N3. The number of nitrogens with zero attached hydrogens (tertiary/aromatic N) is 1. The highest BCUT2D eigenvalue weighted by atomic mass is 15.2. The second-order valence-corrected chi connectivity index (χ2v) is 7.56. The molecule has 0 saturated carbocycles. The van der Waals surface area contributed by atoms with Crippen LogP contribution in [-0.4, -0.2) is 23.1 Å². The van der Waals surface area contributed by atoms with Gasteiger partial charge >= 0.3 is 0 Å². The van der Waals surface area contributed by atoms with Crippen molar-refractivity contribution in [3.8, 4) is 0 Å². The summed E-state index contributed by atoms with van der Waals surface area (Å²) in [5.74, 6) is 0.955. The normalized spacial score (nSPS) is 14.0. The molecule has 3 nitrogen and oxygen atoms in total. The summed E-state index contributed by atoms with van der Waals surface area (Å²) >= 11 is 0. The Morgan fingerprint density at radius 1 is 0.560 bits per heavy atom. The van der Waals surface area contributed by atoms with Crippen molar-refractivity contribution >= 4 is 11.7 Å². The zero-order valence-corrected chi connectivity index (χ0v) is 16.6. The van der Waals surface area contributed by atoms with Gasteiger partial charge in [0.15, 0.2) is 0 Å². The van der Waals surface area contributed by atoms with Crippen LogP contribution in [0.15, 0.2) is 12.2 Å². The topological polar surface area (TPSA) is 50.9 Å². The molecule has 0 aromatic carbocycles. The summed E-state index contributed by atoms with van der Waals surface area (Å²) in [4.78, 5) is 1.80. The van der Waals surface area contributed by atoms with Crippen molar-refractivity contribution in [2.75, 3.05) is 6.54 Å². The minimum atomic E-state index is 0.478. The van der Waals surface area contributed by atoms with E-state index in [2.05, 4.69) is 6.92 Å². The summed E-state index contributed by atoms with van der Waals surface area (Å²) in [7, 11) is 0. The molecule has 144 valence electrons. The summed E-state index contributed by atoms with van der Waals surface area (Å²) < 4.78 is 0. The predicted octanol–water partition coefficient (Wildman–Crippen LogP) is 7.07. The largest absolute Gasteiger partial charge is 0.312 e. The van der Waals surface area contributed by atoms with Crippen LogP contribution >= 0.6 is 0 Å². The maximum Gasteiger partial charge on any atom is 0.126 e. The molecule has 0 unspecified atom stereocenters. The van der Waals surface area contributed by atoms with Crippen molar-refractivity contribution in [1.29, 1.82) is 10.8 Å². The predicted molar refractivity (Wildman–Crippen MR) is 111 cm³/mol. The summed E-state index contributed by atoms with van der Waals surface area (Å²) in [6.07, 6.45) is 25.5. The molecule has 0 bridgehead atoms. The zero-order chi connectivity index (χ0) is 18.2. The number of hydrogen-bond donors (Lipinski definition) is 2. The van der Waals surface area contributed by atoms with E-state index in [1.54, 1.807) is 17.1 Å². The van der Waals surface area contributed by atoms with E-state index in [0.717, 1.165) is 13.0 Å². The minimum absolute atomic E-state index is 0.478. The molecule has 0 fully saturated rings. The molecule has 0 spiro atoms. The molecule has 0 radical (unpaired) electrons. The van der Waals surface area contributed by atoms with E-state index in [-0.39, 0.29) is 0 Å². The third-order valence-electron chi connectivity index (χ3n) is 5.22. The summed E-state index contributed by atoms with van der Waals surface area (Å²) in [6, 6.07) is 0. The lowest BCUT2D eigenvalue weighted by atomic mass is 10.0. The van der Waals surface area contributed by atoms with Crippen LogP contribution in [0.3, 0.4) is 0 Å². The molecule has 2 N–H and O–H groups in total. The lowest BCUT2D eigenvalue weighted by Crippen LogP contribution is -2.30. The quantitative estimate of drug-likeness (QED) is 0.271. The van der Waals surface area contributed by atoms with Crippen LogP contribution in [0.5, 0.6) is 0 Å². The standard InChI is InChI=1S/C22H41N3/c1-2-3-4-5-6-7-8-9-10-11-12-13-14-15-16-17-20-25-21(23)18-19-22(25)24/h18-19,23-24H,2-17,20H2,1H3. The fourth-order valence-electron chi connectivity index (χ4n) is 3.53. The average molecular weight is 348 g/mol. The molecule has 1 rings (SSSR count). The molecule has 0 atom stereocenters. The van der Waals surface area contributed by atoms with Crippen molar-refractivity contribution in [3.05, 3.63) is 12.2 Å². The van der Waals surface area contributed by atoms with Gasteiger partial charge in [0.25, 0.3) is 0 Å². The zero-order valence-electron chi connectivity index (χ0n) is 16.6. The van der Waals surface area contributed by atoms with Crippen molar-refractivity contribution < 1.29 is 0 Å². The summed E-state index contributed by atoms with van der Waals surface area (Å²) in [5.41, 5.74) is 0. The highest BCUT2D eigenvalue weighted by Crippen LogP contribution is 2.14. The Kier molecular flexibility index (Phi) is 13.3. The van der Waals surface area contributed by atoms with Crippen LogP contribution < -0.4 is 0 Å². The van der Waals surface area contributed by atoms with Gasteiger partial charge in [-0.1, -0.05) is 103 Å². The van der Waals surface area contributed by atoms with Crippen LogP contribution in [0.25, 0.3) is 0 Å². The maximum absolute atomic E-state index is 7.73. The molecular weight excluding hydrogens is 306 g/mol. The van der Waals surface area contributed by atoms with Crippen molar-refractivity contribution in [2.45, 2.75) is 110 Å². The smallest absolute Gasteiger partial charge is 0.126 e. The molecule has 1 heterocycles. The third kappa shape index (κ3) is 11.2. The van der Waals surface area contributed by atoms with E-state index in [0.29, 0.717) is 11.7 Å². The van der Waals surface area contributed by atoms with Gasteiger partial charge in [0.05, 0.1) is 0 Å². The molecule has 0 aromatic heterocycles. The van der Waals surface area contributed by atoms with Crippen molar-refractivity contribution in [1.82, 2.24) is 4.90 Å². The Labute approximate surface area is 156 Å². The number of unbranched alkanes of at least 4 members (excludes halogenated alkanes) is 15. The summed E-state index contributed by atoms with van der Waals surface area (Å²) in [6.45, 7) is 3.12. The van der Waals surface area contributed by atoms with E-state index in [1.165, 1.54) is 96.3 Å². The molecule has 25 heavy (non-hydrogen) atoms. The van der Waals surface area contributed by atoms with Gasteiger partial charge in [0.1, 0.15) is 11.7 Å². The van der Waals surface area contributed by atoms with Crippen LogP contribution in [0.2, 0.25) is 0 Å². The Morgan fingerprint density at radius 3 is 1.24 bits per heavy atom. The van der Waals surface area contributed by atoms with E-state index < -0.39 is 0 Å². The average Bonchev–Trinajstić information content (AvgIpc) is 2.93. The number of amidine groups is 2. The van der Waals surface area contributed by atoms with Crippen molar-refractivity contribution in [3.63, 3.8) is 0 Å². The minimum Gasteiger partial charge on any atom is -0.312 e. The fraction of sp³-hybridized carbons (Fsp3) is 0.818. The van der Waals surface area contributed by atoms with Crippen LogP contribution in [-0.2, 0) is 0 Å². The van der Waals surface area contributed by atoms with Gasteiger partial charge in [0, 0.05) is 6.54 Å².